The zero-order chi connectivity index (χ0) is 16.7. The summed E-state index contributed by atoms with van der Waals surface area (Å²) in [6.07, 6.45) is 1.80. The normalized spacial score (nSPS) is 20.1. The lowest BCUT2D eigenvalue weighted by atomic mass is 9.92. The molecule has 0 aliphatic carbocycles. The fraction of sp³-hybridized carbons (Fsp3) is 0.611. The maximum Gasteiger partial charge on any atom is 0.223 e. The molecule has 0 saturated carbocycles. The second-order valence-corrected chi connectivity index (χ2v) is 6.25. The van der Waals surface area contributed by atoms with E-state index < -0.39 is 0 Å². The Hall–Kier alpha value is -1.30. The van der Waals surface area contributed by atoms with Gasteiger partial charge in [0.1, 0.15) is 12.4 Å². The van der Waals surface area contributed by atoms with E-state index in [1.807, 2.05) is 25.1 Å². The molecule has 2 rings (SSSR count). The van der Waals surface area contributed by atoms with Crippen LogP contribution in [0.3, 0.4) is 0 Å². The predicted octanol–water partition coefficient (Wildman–Crippen LogP) is 2.45. The van der Waals surface area contributed by atoms with Crippen molar-refractivity contribution in [1.82, 2.24) is 10.6 Å². The van der Waals surface area contributed by atoms with Gasteiger partial charge in [0.05, 0.1) is 6.61 Å². The average molecular weight is 357 g/mol. The molecule has 1 fully saturated rings. The Morgan fingerprint density at radius 3 is 2.88 bits per heavy atom. The molecule has 0 aromatic heterocycles. The van der Waals surface area contributed by atoms with Crippen LogP contribution in [0.5, 0.6) is 5.75 Å². The number of benzene rings is 1. The summed E-state index contributed by atoms with van der Waals surface area (Å²) in [5, 5.41) is 6.43. The van der Waals surface area contributed by atoms with Crippen molar-refractivity contribution in [2.24, 2.45) is 5.92 Å². The van der Waals surface area contributed by atoms with E-state index in [9.17, 15) is 4.79 Å². The third-order valence-electron chi connectivity index (χ3n) is 4.22. The second-order valence-electron chi connectivity index (χ2n) is 6.25. The van der Waals surface area contributed by atoms with E-state index in [4.69, 9.17) is 9.47 Å². The number of methoxy groups -OCH3 is 1. The van der Waals surface area contributed by atoms with Gasteiger partial charge in [-0.05, 0) is 44.9 Å². The Bertz CT molecular complexity index is 525. The summed E-state index contributed by atoms with van der Waals surface area (Å²) in [5.41, 5.74) is 2.14. The number of hydrogen-bond acceptors (Lipinski definition) is 4. The number of aryl methyl sites for hydroxylation is 1. The van der Waals surface area contributed by atoms with Crippen molar-refractivity contribution in [2.75, 3.05) is 26.9 Å². The first-order chi connectivity index (χ1) is 11.1. The average Bonchev–Trinajstić information content (AvgIpc) is 2.54. The molecule has 5 nitrogen and oxygen atoms in total. The molecule has 1 aromatic carbocycles. The second kappa shape index (κ2) is 10.5. The summed E-state index contributed by atoms with van der Waals surface area (Å²) < 4.78 is 10.8. The molecule has 1 amide bonds. The summed E-state index contributed by atoms with van der Waals surface area (Å²) in [4.78, 5) is 12.4. The van der Waals surface area contributed by atoms with Crippen molar-refractivity contribution in [2.45, 2.75) is 39.3 Å². The van der Waals surface area contributed by atoms with Crippen molar-refractivity contribution in [3.05, 3.63) is 29.3 Å². The molecule has 0 unspecified atom stereocenters. The molecule has 2 N–H and O–H groups in total. The SMILES string of the molecule is COCCOc1cc(C)ccc1CNC(=O)[C@H]1CCN[C@@H](C)C1.Cl. The molecule has 1 aliphatic rings. The van der Waals surface area contributed by atoms with E-state index in [2.05, 4.69) is 17.6 Å². The van der Waals surface area contributed by atoms with Crippen LogP contribution in [-0.4, -0.2) is 38.8 Å². The lowest BCUT2D eigenvalue weighted by Gasteiger charge is -2.27. The molecule has 0 radical (unpaired) electrons. The monoisotopic (exact) mass is 356 g/mol. The van der Waals surface area contributed by atoms with Crippen molar-refractivity contribution in [3.63, 3.8) is 0 Å². The van der Waals surface area contributed by atoms with E-state index in [1.54, 1.807) is 7.11 Å². The van der Waals surface area contributed by atoms with Gasteiger partial charge in [-0.15, -0.1) is 12.4 Å². The van der Waals surface area contributed by atoms with Crippen molar-refractivity contribution in [3.8, 4) is 5.75 Å². The van der Waals surface area contributed by atoms with E-state index in [-0.39, 0.29) is 24.2 Å². The van der Waals surface area contributed by atoms with Crippen LogP contribution in [0.1, 0.15) is 30.9 Å². The van der Waals surface area contributed by atoms with Crippen LogP contribution in [0.25, 0.3) is 0 Å². The Balaban J connectivity index is 0.00000288. The van der Waals surface area contributed by atoms with E-state index in [0.29, 0.717) is 25.8 Å². The molecule has 0 spiro atoms. The number of carbonyl (C=O) groups excluding carboxylic acids is 1. The van der Waals surface area contributed by atoms with Gasteiger partial charge in [0, 0.05) is 31.2 Å². The van der Waals surface area contributed by atoms with E-state index in [1.165, 1.54) is 0 Å². The standard InChI is InChI=1S/C18H28N2O3.ClH/c1-13-4-5-16(17(10-13)23-9-8-22-3)12-20-18(21)15-6-7-19-14(2)11-15;/h4-5,10,14-15,19H,6-9,11-12H2,1-3H3,(H,20,21);1H/t14-,15-;/m0./s1. The summed E-state index contributed by atoms with van der Waals surface area (Å²) in [6.45, 7) is 6.62. The van der Waals surface area contributed by atoms with E-state index in [0.717, 1.165) is 36.3 Å². The van der Waals surface area contributed by atoms with Gasteiger partial charge in [-0.25, -0.2) is 0 Å². The highest BCUT2D eigenvalue weighted by molar-refractivity contribution is 5.85. The Kier molecular flexibility index (Phi) is 9.11. The Morgan fingerprint density at radius 1 is 1.38 bits per heavy atom. The zero-order valence-corrected chi connectivity index (χ0v) is 15.6. The minimum Gasteiger partial charge on any atom is -0.491 e. The lowest BCUT2D eigenvalue weighted by molar-refractivity contribution is -0.126. The molecule has 0 bridgehead atoms. The van der Waals surface area contributed by atoms with Crippen LogP contribution in [0.4, 0.5) is 0 Å². The quantitative estimate of drug-likeness (QED) is 0.737. The Morgan fingerprint density at radius 2 is 2.17 bits per heavy atom. The van der Waals surface area contributed by atoms with Crippen molar-refractivity contribution in [1.29, 1.82) is 0 Å². The molecule has 6 heteroatoms. The van der Waals surface area contributed by atoms with E-state index >= 15 is 0 Å². The largest absolute Gasteiger partial charge is 0.491 e. The van der Waals surface area contributed by atoms with Crippen LogP contribution < -0.4 is 15.4 Å². The molecule has 24 heavy (non-hydrogen) atoms. The van der Waals surface area contributed by atoms with Gasteiger partial charge in [0.15, 0.2) is 0 Å². The van der Waals surface area contributed by atoms with Gasteiger partial charge < -0.3 is 20.1 Å². The minimum absolute atomic E-state index is 0. The number of piperidine rings is 1. The first-order valence-electron chi connectivity index (χ1n) is 8.32. The van der Waals surface area contributed by atoms with Crippen LogP contribution in [-0.2, 0) is 16.1 Å². The molecular formula is C18H29ClN2O3. The summed E-state index contributed by atoms with van der Waals surface area (Å²) in [5.74, 6) is 1.07. The van der Waals surface area contributed by atoms with Crippen molar-refractivity contribution >= 4 is 18.3 Å². The fourth-order valence-corrected chi connectivity index (χ4v) is 2.87. The predicted molar refractivity (Wildman–Crippen MR) is 97.8 cm³/mol. The maximum atomic E-state index is 12.4. The fourth-order valence-electron chi connectivity index (χ4n) is 2.87. The first kappa shape index (κ1) is 20.7. The van der Waals surface area contributed by atoms with Crippen LogP contribution in [0.2, 0.25) is 0 Å². The summed E-state index contributed by atoms with van der Waals surface area (Å²) >= 11 is 0. The number of carbonyl (C=O) groups is 1. The lowest BCUT2D eigenvalue weighted by Crippen LogP contribution is -2.42. The van der Waals surface area contributed by atoms with Crippen LogP contribution in [0, 0.1) is 12.8 Å². The number of ether oxygens (including phenoxy) is 2. The third-order valence-corrected chi connectivity index (χ3v) is 4.22. The van der Waals surface area contributed by atoms with Gasteiger partial charge in [-0.2, -0.15) is 0 Å². The third kappa shape index (κ3) is 6.30. The van der Waals surface area contributed by atoms with Crippen LogP contribution >= 0.6 is 12.4 Å². The molecule has 136 valence electrons. The summed E-state index contributed by atoms with van der Waals surface area (Å²) in [6, 6.07) is 6.47. The number of hydrogen-bond donors (Lipinski definition) is 2. The highest BCUT2D eigenvalue weighted by Crippen LogP contribution is 2.21. The van der Waals surface area contributed by atoms with Gasteiger partial charge in [0.25, 0.3) is 0 Å². The minimum atomic E-state index is 0. The van der Waals surface area contributed by atoms with Crippen molar-refractivity contribution < 1.29 is 14.3 Å². The number of amides is 1. The molecule has 1 saturated heterocycles. The number of halogens is 1. The number of rotatable bonds is 7. The Labute approximate surface area is 150 Å². The number of nitrogens with one attached hydrogen (secondary N) is 2. The zero-order valence-electron chi connectivity index (χ0n) is 14.8. The summed E-state index contributed by atoms with van der Waals surface area (Å²) in [7, 11) is 1.65. The molecular weight excluding hydrogens is 328 g/mol. The highest BCUT2D eigenvalue weighted by atomic mass is 35.5. The van der Waals surface area contributed by atoms with Gasteiger partial charge in [0.2, 0.25) is 5.91 Å². The maximum absolute atomic E-state index is 12.4. The highest BCUT2D eigenvalue weighted by Gasteiger charge is 2.24. The van der Waals surface area contributed by atoms with Gasteiger partial charge in [-0.3, -0.25) is 4.79 Å². The molecule has 2 atom stereocenters. The molecule has 1 aromatic rings. The molecule has 1 heterocycles. The van der Waals surface area contributed by atoms with Gasteiger partial charge >= 0.3 is 0 Å². The topological polar surface area (TPSA) is 59.6 Å². The van der Waals surface area contributed by atoms with Crippen LogP contribution in [0.15, 0.2) is 18.2 Å². The smallest absolute Gasteiger partial charge is 0.223 e. The molecule has 1 aliphatic heterocycles. The first-order valence-corrected chi connectivity index (χ1v) is 8.32. The van der Waals surface area contributed by atoms with Gasteiger partial charge in [-0.1, -0.05) is 12.1 Å².